The van der Waals surface area contributed by atoms with Gasteiger partial charge < -0.3 is 14.5 Å². The summed E-state index contributed by atoms with van der Waals surface area (Å²) in [4.78, 5) is 18.6. The van der Waals surface area contributed by atoms with E-state index in [-0.39, 0.29) is 11.7 Å². The first-order valence-electron chi connectivity index (χ1n) is 4.62. The van der Waals surface area contributed by atoms with Crippen molar-refractivity contribution in [2.75, 3.05) is 12.4 Å². The highest BCUT2D eigenvalue weighted by molar-refractivity contribution is 5.87. The Morgan fingerprint density at radius 2 is 2.24 bits per heavy atom. The molecule has 2 aromatic rings. The second-order valence-corrected chi connectivity index (χ2v) is 3.02. The lowest BCUT2D eigenvalue weighted by Crippen LogP contribution is -2.04. The van der Waals surface area contributed by atoms with E-state index in [0.717, 1.165) is 6.20 Å². The summed E-state index contributed by atoms with van der Waals surface area (Å²) in [5, 5.41) is 2.68. The number of anilines is 2. The third-order valence-corrected chi connectivity index (χ3v) is 1.89. The van der Waals surface area contributed by atoms with E-state index in [1.165, 1.54) is 19.4 Å². The van der Waals surface area contributed by atoms with Gasteiger partial charge in [0, 0.05) is 0 Å². The largest absolute Gasteiger partial charge is 0.464 e. The number of pyridine rings is 1. The van der Waals surface area contributed by atoms with Crippen molar-refractivity contribution in [1.82, 2.24) is 9.97 Å². The van der Waals surface area contributed by atoms with Crippen LogP contribution in [0.3, 0.4) is 0 Å². The first kappa shape index (κ1) is 11.1. The topological polar surface area (TPSA) is 77.2 Å². The molecule has 7 heteroatoms. The molecular formula is C10H8FN3O3. The number of nitrogens with one attached hydrogen (secondary N) is 1. The van der Waals surface area contributed by atoms with Crippen LogP contribution in [0.25, 0.3) is 0 Å². The molecule has 0 unspecified atom stereocenters. The zero-order valence-corrected chi connectivity index (χ0v) is 8.81. The van der Waals surface area contributed by atoms with E-state index >= 15 is 0 Å². The highest BCUT2D eigenvalue weighted by Crippen LogP contribution is 2.15. The number of ether oxygens (including phenoxy) is 1. The van der Waals surface area contributed by atoms with E-state index in [2.05, 4.69) is 24.4 Å². The molecule has 0 bridgehead atoms. The standard InChI is InChI=1S/C10H8FN3O3/c1-16-9(15)7-3-2-6(4-12-7)14-10-13-5-8(11)17-10/h2-5H,1H3,(H,13,14). The van der Waals surface area contributed by atoms with Gasteiger partial charge >= 0.3 is 12.0 Å². The lowest BCUT2D eigenvalue weighted by molar-refractivity contribution is 0.0594. The number of aromatic nitrogens is 2. The summed E-state index contributed by atoms with van der Waals surface area (Å²) in [5.41, 5.74) is 0.691. The lowest BCUT2D eigenvalue weighted by Gasteiger charge is -2.02. The van der Waals surface area contributed by atoms with Gasteiger partial charge in [-0.3, -0.25) is 0 Å². The normalized spacial score (nSPS) is 10.0. The summed E-state index contributed by atoms with van der Waals surface area (Å²) in [6.07, 6.45) is 2.33. The van der Waals surface area contributed by atoms with E-state index in [1.807, 2.05) is 0 Å². The van der Waals surface area contributed by atoms with Gasteiger partial charge in [0.05, 0.1) is 19.0 Å². The summed E-state index contributed by atoms with van der Waals surface area (Å²) in [7, 11) is 1.27. The molecule has 2 rings (SSSR count). The third-order valence-electron chi connectivity index (χ3n) is 1.89. The molecule has 0 amide bonds. The zero-order chi connectivity index (χ0) is 12.3. The Labute approximate surface area is 95.4 Å². The van der Waals surface area contributed by atoms with E-state index in [9.17, 15) is 9.18 Å². The van der Waals surface area contributed by atoms with Crippen LogP contribution in [-0.2, 0) is 4.74 Å². The Balaban J connectivity index is 2.10. The predicted molar refractivity (Wildman–Crippen MR) is 55.3 cm³/mol. The summed E-state index contributed by atoms with van der Waals surface area (Å²) in [6, 6.07) is 2.26. The zero-order valence-electron chi connectivity index (χ0n) is 8.81. The van der Waals surface area contributed by atoms with Crippen molar-refractivity contribution < 1.29 is 18.3 Å². The number of hydrogen-bond donors (Lipinski definition) is 1. The number of carbonyl (C=O) groups is 1. The maximum atomic E-state index is 12.5. The van der Waals surface area contributed by atoms with E-state index in [0.29, 0.717) is 5.69 Å². The van der Waals surface area contributed by atoms with Crippen LogP contribution in [0.4, 0.5) is 16.1 Å². The number of halogens is 1. The molecule has 2 heterocycles. The monoisotopic (exact) mass is 237 g/mol. The van der Waals surface area contributed by atoms with Crippen molar-refractivity contribution in [2.24, 2.45) is 0 Å². The number of carbonyl (C=O) groups excluding carboxylic acids is 1. The van der Waals surface area contributed by atoms with E-state index in [1.54, 1.807) is 6.07 Å². The second kappa shape index (κ2) is 4.60. The fraction of sp³-hybridized carbons (Fsp3) is 0.100. The highest BCUT2D eigenvalue weighted by Gasteiger charge is 2.07. The minimum absolute atomic E-state index is 0.00937. The van der Waals surface area contributed by atoms with Gasteiger partial charge in [-0.2, -0.15) is 9.37 Å². The molecule has 0 saturated heterocycles. The molecule has 0 radical (unpaired) electrons. The van der Waals surface area contributed by atoms with Crippen molar-refractivity contribution in [3.05, 3.63) is 36.2 Å². The number of hydrogen-bond acceptors (Lipinski definition) is 6. The maximum absolute atomic E-state index is 12.5. The molecule has 17 heavy (non-hydrogen) atoms. The quantitative estimate of drug-likeness (QED) is 0.819. The Kier molecular flexibility index (Phi) is 2.99. The SMILES string of the molecule is COC(=O)c1ccc(Nc2ncc(F)o2)cn1. The van der Waals surface area contributed by atoms with Gasteiger partial charge in [-0.15, -0.1) is 0 Å². The van der Waals surface area contributed by atoms with Gasteiger partial charge in [0.25, 0.3) is 6.01 Å². The molecule has 0 atom stereocenters. The minimum Gasteiger partial charge on any atom is -0.464 e. The van der Waals surface area contributed by atoms with Gasteiger partial charge in [0.1, 0.15) is 11.9 Å². The summed E-state index contributed by atoms with van der Waals surface area (Å²) < 4.78 is 21.6. The third kappa shape index (κ3) is 2.57. The van der Waals surface area contributed by atoms with Gasteiger partial charge in [-0.05, 0) is 12.1 Å². The number of methoxy groups -OCH3 is 1. The van der Waals surface area contributed by atoms with Gasteiger partial charge in [0.2, 0.25) is 0 Å². The van der Waals surface area contributed by atoms with Crippen LogP contribution >= 0.6 is 0 Å². The number of rotatable bonds is 3. The first-order valence-corrected chi connectivity index (χ1v) is 4.62. The van der Waals surface area contributed by atoms with Crippen molar-refractivity contribution in [3.8, 4) is 0 Å². The molecular weight excluding hydrogens is 229 g/mol. The van der Waals surface area contributed by atoms with Crippen molar-refractivity contribution in [1.29, 1.82) is 0 Å². The average molecular weight is 237 g/mol. The Morgan fingerprint density at radius 3 is 2.76 bits per heavy atom. The molecule has 1 N–H and O–H groups in total. The Hall–Kier alpha value is -2.44. The van der Waals surface area contributed by atoms with Crippen LogP contribution in [0.1, 0.15) is 10.5 Å². The maximum Gasteiger partial charge on any atom is 0.356 e. The first-order chi connectivity index (χ1) is 8.19. The fourth-order valence-electron chi connectivity index (χ4n) is 1.13. The summed E-state index contributed by atoms with van der Waals surface area (Å²) in [5.74, 6) is -0.529. The van der Waals surface area contributed by atoms with Gasteiger partial charge in [0.15, 0.2) is 0 Å². The molecule has 88 valence electrons. The molecule has 0 saturated carbocycles. The molecule has 0 aliphatic rings. The van der Waals surface area contributed by atoms with Gasteiger partial charge in [-0.25, -0.2) is 9.78 Å². The Bertz CT molecular complexity index is 524. The van der Waals surface area contributed by atoms with Crippen LogP contribution in [0.2, 0.25) is 0 Å². The molecule has 0 aliphatic heterocycles. The van der Waals surface area contributed by atoms with E-state index < -0.39 is 12.0 Å². The molecule has 2 aromatic heterocycles. The predicted octanol–water partition coefficient (Wildman–Crippen LogP) is 1.74. The molecule has 0 aromatic carbocycles. The minimum atomic E-state index is -0.786. The van der Waals surface area contributed by atoms with Crippen molar-refractivity contribution in [3.63, 3.8) is 0 Å². The lowest BCUT2D eigenvalue weighted by atomic mass is 10.3. The summed E-state index contributed by atoms with van der Waals surface area (Å²) in [6.45, 7) is 0. The van der Waals surface area contributed by atoms with Crippen LogP contribution in [-0.4, -0.2) is 23.0 Å². The molecule has 0 fully saturated rings. The Morgan fingerprint density at radius 1 is 1.41 bits per heavy atom. The molecule has 0 aliphatic carbocycles. The van der Waals surface area contributed by atoms with Crippen LogP contribution < -0.4 is 5.32 Å². The van der Waals surface area contributed by atoms with Crippen LogP contribution in [0, 0.1) is 6.01 Å². The van der Waals surface area contributed by atoms with E-state index in [4.69, 9.17) is 0 Å². The number of oxazole rings is 1. The van der Waals surface area contributed by atoms with Crippen molar-refractivity contribution in [2.45, 2.75) is 0 Å². The van der Waals surface area contributed by atoms with Crippen LogP contribution in [0.15, 0.2) is 28.9 Å². The number of nitrogens with zero attached hydrogens (tertiary/aromatic N) is 2. The molecule has 0 spiro atoms. The number of esters is 1. The van der Waals surface area contributed by atoms with Crippen LogP contribution in [0.5, 0.6) is 0 Å². The molecule has 6 nitrogen and oxygen atoms in total. The fourth-order valence-corrected chi connectivity index (χ4v) is 1.13. The van der Waals surface area contributed by atoms with Gasteiger partial charge in [-0.1, -0.05) is 0 Å². The average Bonchev–Trinajstić information content (AvgIpc) is 2.75. The van der Waals surface area contributed by atoms with Crippen molar-refractivity contribution >= 4 is 17.7 Å². The summed E-state index contributed by atoms with van der Waals surface area (Å²) >= 11 is 0. The smallest absolute Gasteiger partial charge is 0.356 e. The highest BCUT2D eigenvalue weighted by atomic mass is 19.1. The second-order valence-electron chi connectivity index (χ2n) is 3.02.